The van der Waals surface area contributed by atoms with Gasteiger partial charge < -0.3 is 10.8 Å². The Morgan fingerprint density at radius 3 is 2.31 bits per heavy atom. The van der Waals surface area contributed by atoms with E-state index in [-0.39, 0.29) is 6.10 Å². The Labute approximate surface area is 98.6 Å². The fraction of sp³-hybridized carbons (Fsp3) is 1.00. The average Bonchev–Trinajstić information content (AvgIpc) is 2.24. The Hall–Kier alpha value is -0.0800. The van der Waals surface area contributed by atoms with Crippen LogP contribution in [0, 0.1) is 28.6 Å². The van der Waals surface area contributed by atoms with Gasteiger partial charge in [0.15, 0.2) is 0 Å². The Morgan fingerprint density at radius 2 is 1.88 bits per heavy atom. The molecule has 16 heavy (non-hydrogen) atoms. The molecule has 3 atom stereocenters. The lowest BCUT2D eigenvalue weighted by atomic mass is 9.39. The summed E-state index contributed by atoms with van der Waals surface area (Å²) in [6.45, 7) is 5.67. The molecule has 3 unspecified atom stereocenters. The van der Waals surface area contributed by atoms with Gasteiger partial charge in [-0.05, 0) is 67.2 Å². The molecule has 3 N–H and O–H groups in total. The zero-order valence-electron chi connectivity index (χ0n) is 10.6. The summed E-state index contributed by atoms with van der Waals surface area (Å²) in [5.74, 6) is 2.64. The van der Waals surface area contributed by atoms with Crippen LogP contribution in [0.2, 0.25) is 0 Å². The number of hydrogen-bond acceptors (Lipinski definition) is 2. The lowest BCUT2D eigenvalue weighted by Gasteiger charge is -2.66. The van der Waals surface area contributed by atoms with Crippen LogP contribution in [0.5, 0.6) is 0 Å². The van der Waals surface area contributed by atoms with Crippen LogP contribution < -0.4 is 5.73 Å². The third-order valence-corrected chi connectivity index (χ3v) is 6.34. The number of aliphatic hydroxyl groups excluding tert-OH is 1. The van der Waals surface area contributed by atoms with Gasteiger partial charge in [-0.25, -0.2) is 0 Å². The summed E-state index contributed by atoms with van der Waals surface area (Å²) >= 11 is 0. The first-order valence-corrected chi connectivity index (χ1v) is 6.88. The van der Waals surface area contributed by atoms with Crippen molar-refractivity contribution < 1.29 is 5.11 Å². The van der Waals surface area contributed by atoms with Crippen molar-refractivity contribution in [1.29, 1.82) is 0 Å². The van der Waals surface area contributed by atoms with Crippen LogP contribution in [0.4, 0.5) is 0 Å². The van der Waals surface area contributed by atoms with Crippen molar-refractivity contribution in [2.24, 2.45) is 34.3 Å². The molecule has 0 aromatic carbocycles. The molecule has 0 aliphatic heterocycles. The third-order valence-electron chi connectivity index (χ3n) is 6.34. The topological polar surface area (TPSA) is 46.2 Å². The largest absolute Gasteiger partial charge is 0.393 e. The zero-order chi connectivity index (χ0) is 11.6. The molecule has 0 amide bonds. The summed E-state index contributed by atoms with van der Waals surface area (Å²) < 4.78 is 0. The predicted molar refractivity (Wildman–Crippen MR) is 64.8 cm³/mol. The van der Waals surface area contributed by atoms with E-state index >= 15 is 0 Å². The summed E-state index contributed by atoms with van der Waals surface area (Å²) in [5, 5.41) is 9.62. The first-order chi connectivity index (χ1) is 7.49. The van der Waals surface area contributed by atoms with E-state index in [1.807, 2.05) is 0 Å². The van der Waals surface area contributed by atoms with Gasteiger partial charge in [0.05, 0.1) is 6.10 Å². The normalized spacial score (nSPS) is 54.0. The van der Waals surface area contributed by atoms with Gasteiger partial charge in [-0.1, -0.05) is 13.8 Å². The molecule has 92 valence electrons. The highest BCUT2D eigenvalue weighted by Gasteiger charge is 2.61. The molecule has 4 rings (SSSR count). The molecule has 2 nitrogen and oxygen atoms in total. The molecule has 0 aromatic rings. The molecule has 4 aliphatic carbocycles. The van der Waals surface area contributed by atoms with E-state index in [0.29, 0.717) is 10.8 Å². The molecule has 2 heteroatoms. The molecule has 0 aromatic heterocycles. The third kappa shape index (κ3) is 1.20. The van der Waals surface area contributed by atoms with Crippen LogP contribution in [-0.2, 0) is 0 Å². The van der Waals surface area contributed by atoms with Gasteiger partial charge in [0, 0.05) is 0 Å². The van der Waals surface area contributed by atoms with E-state index in [4.69, 9.17) is 5.73 Å². The van der Waals surface area contributed by atoms with Crippen molar-refractivity contribution in [3.63, 3.8) is 0 Å². The molecule has 2 bridgehead atoms. The highest BCUT2D eigenvalue weighted by molar-refractivity contribution is 5.11. The van der Waals surface area contributed by atoms with E-state index in [1.165, 1.54) is 19.3 Å². The van der Waals surface area contributed by atoms with E-state index < -0.39 is 0 Å². The van der Waals surface area contributed by atoms with E-state index in [9.17, 15) is 5.11 Å². The fourth-order valence-electron chi connectivity index (χ4n) is 5.04. The molecule has 0 saturated heterocycles. The van der Waals surface area contributed by atoms with Gasteiger partial charge in [0.25, 0.3) is 0 Å². The minimum Gasteiger partial charge on any atom is -0.393 e. The monoisotopic (exact) mass is 223 g/mol. The fourth-order valence-corrected chi connectivity index (χ4v) is 5.04. The first kappa shape index (κ1) is 11.0. The molecule has 4 aliphatic rings. The van der Waals surface area contributed by atoms with Crippen LogP contribution in [0.1, 0.15) is 46.0 Å². The summed E-state index contributed by atoms with van der Waals surface area (Å²) in [6, 6.07) is 0. The Balaban J connectivity index is 1.80. The minimum absolute atomic E-state index is 0.0653. The molecule has 0 radical (unpaired) electrons. The van der Waals surface area contributed by atoms with Crippen LogP contribution in [0.3, 0.4) is 0 Å². The van der Waals surface area contributed by atoms with Crippen LogP contribution in [0.25, 0.3) is 0 Å². The SMILES string of the molecule is CC1(C)C2CCC(C3(CN)CC(O)C3)C1C2. The summed E-state index contributed by atoms with van der Waals surface area (Å²) in [4.78, 5) is 0. The van der Waals surface area contributed by atoms with E-state index in [1.54, 1.807) is 0 Å². The first-order valence-electron chi connectivity index (χ1n) is 6.88. The van der Waals surface area contributed by atoms with Crippen molar-refractivity contribution in [3.05, 3.63) is 0 Å². The van der Waals surface area contributed by atoms with E-state index in [2.05, 4.69) is 13.8 Å². The van der Waals surface area contributed by atoms with Crippen molar-refractivity contribution in [2.45, 2.75) is 52.1 Å². The van der Waals surface area contributed by atoms with Crippen molar-refractivity contribution in [1.82, 2.24) is 0 Å². The summed E-state index contributed by atoms with van der Waals surface area (Å²) in [5.41, 5.74) is 6.86. The second-order valence-electron chi connectivity index (χ2n) is 7.17. The highest BCUT2D eigenvalue weighted by atomic mass is 16.3. The van der Waals surface area contributed by atoms with Gasteiger partial charge in [-0.3, -0.25) is 0 Å². The number of hydrogen-bond donors (Lipinski definition) is 2. The van der Waals surface area contributed by atoms with Crippen molar-refractivity contribution in [3.8, 4) is 0 Å². The predicted octanol–water partition coefficient (Wildman–Crippen LogP) is 2.16. The number of fused-ring (bicyclic) bond motifs is 2. The second kappa shape index (κ2) is 3.23. The maximum absolute atomic E-state index is 9.62. The maximum Gasteiger partial charge on any atom is 0.0552 e. The summed E-state index contributed by atoms with van der Waals surface area (Å²) in [7, 11) is 0. The van der Waals surface area contributed by atoms with Crippen LogP contribution in [-0.4, -0.2) is 17.8 Å². The lowest BCUT2D eigenvalue weighted by Crippen LogP contribution is -2.61. The summed E-state index contributed by atoms with van der Waals surface area (Å²) in [6.07, 6.45) is 6.05. The van der Waals surface area contributed by atoms with E-state index in [0.717, 1.165) is 37.1 Å². The number of aliphatic hydroxyl groups is 1. The van der Waals surface area contributed by atoms with Crippen LogP contribution >= 0.6 is 0 Å². The smallest absolute Gasteiger partial charge is 0.0552 e. The Bertz CT molecular complexity index is 291. The molecule has 4 fully saturated rings. The molecule has 4 saturated carbocycles. The zero-order valence-corrected chi connectivity index (χ0v) is 10.6. The Kier molecular flexibility index (Phi) is 2.23. The van der Waals surface area contributed by atoms with Crippen LogP contribution in [0.15, 0.2) is 0 Å². The lowest BCUT2D eigenvalue weighted by molar-refractivity contribution is -0.181. The molecular formula is C14H25NO. The highest BCUT2D eigenvalue weighted by Crippen LogP contribution is 2.67. The molecule has 0 heterocycles. The van der Waals surface area contributed by atoms with Gasteiger partial charge in [-0.15, -0.1) is 0 Å². The van der Waals surface area contributed by atoms with Gasteiger partial charge in [-0.2, -0.15) is 0 Å². The van der Waals surface area contributed by atoms with Crippen molar-refractivity contribution in [2.75, 3.05) is 6.54 Å². The molecule has 0 spiro atoms. The number of rotatable bonds is 2. The van der Waals surface area contributed by atoms with Crippen molar-refractivity contribution >= 4 is 0 Å². The quantitative estimate of drug-likeness (QED) is 0.753. The number of nitrogens with two attached hydrogens (primary N) is 1. The Morgan fingerprint density at radius 1 is 1.19 bits per heavy atom. The minimum atomic E-state index is -0.0653. The second-order valence-corrected chi connectivity index (χ2v) is 7.17. The standard InChI is InChI=1S/C14H25NO/c1-13(2)9-3-4-11(12(13)5-9)14(8-15)6-10(16)7-14/h9-12,16H,3-8,15H2,1-2H3. The maximum atomic E-state index is 9.62. The van der Waals surface area contributed by atoms with Gasteiger partial charge in [0.1, 0.15) is 0 Å². The van der Waals surface area contributed by atoms with Gasteiger partial charge in [0.2, 0.25) is 0 Å². The average molecular weight is 223 g/mol. The molecular weight excluding hydrogens is 198 g/mol. The van der Waals surface area contributed by atoms with Gasteiger partial charge >= 0.3 is 0 Å².